The molecule has 0 aliphatic heterocycles. The quantitative estimate of drug-likeness (QED) is 0.294. The molecule has 3 aliphatic rings. The Morgan fingerprint density at radius 2 is 1.90 bits per heavy atom. The van der Waals surface area contributed by atoms with Gasteiger partial charge in [0.25, 0.3) is 0 Å². The zero-order valence-electron chi connectivity index (χ0n) is 23.0. The minimum atomic E-state index is -0.556. The lowest BCUT2D eigenvalue weighted by molar-refractivity contribution is -0.0989. The van der Waals surface area contributed by atoms with Gasteiger partial charge in [0.1, 0.15) is 17.8 Å². The van der Waals surface area contributed by atoms with Crippen LogP contribution in [-0.2, 0) is 5.54 Å². The summed E-state index contributed by atoms with van der Waals surface area (Å²) < 4.78 is 15.9. The van der Waals surface area contributed by atoms with E-state index in [4.69, 9.17) is 0 Å². The molecule has 3 saturated carbocycles. The van der Waals surface area contributed by atoms with Crippen molar-refractivity contribution in [2.75, 3.05) is 17.2 Å². The Bertz CT molecular complexity index is 1700. The molecule has 10 heteroatoms. The van der Waals surface area contributed by atoms with Crippen molar-refractivity contribution in [3.05, 3.63) is 70.7 Å². The van der Waals surface area contributed by atoms with Crippen LogP contribution in [0.25, 0.3) is 10.9 Å². The second-order valence-corrected chi connectivity index (χ2v) is 12.3. The molecule has 3 aliphatic carbocycles. The van der Waals surface area contributed by atoms with Crippen molar-refractivity contribution in [1.82, 2.24) is 25.0 Å². The second kappa shape index (κ2) is 9.27. The first kappa shape index (κ1) is 25.7. The van der Waals surface area contributed by atoms with Crippen LogP contribution in [0.3, 0.4) is 0 Å². The van der Waals surface area contributed by atoms with Gasteiger partial charge in [-0.3, -0.25) is 4.98 Å². The van der Waals surface area contributed by atoms with E-state index in [9.17, 15) is 14.9 Å². The lowest BCUT2D eigenvalue weighted by atomic mass is 9.50. The van der Waals surface area contributed by atoms with E-state index < -0.39 is 12.0 Å². The molecule has 1 atom stereocenters. The van der Waals surface area contributed by atoms with Crippen molar-refractivity contribution in [1.29, 1.82) is 10.5 Å². The predicted octanol–water partition coefficient (Wildman–Crippen LogP) is 5.58. The largest absolute Gasteiger partial charge is 0.383 e. The van der Waals surface area contributed by atoms with E-state index in [0.717, 1.165) is 30.7 Å². The fraction of sp³-hybridized carbons (Fsp3) is 0.400. The van der Waals surface area contributed by atoms with Gasteiger partial charge in [0.15, 0.2) is 0 Å². The fourth-order valence-electron chi connectivity index (χ4n) is 5.78. The summed E-state index contributed by atoms with van der Waals surface area (Å²) in [5.41, 5.74) is 4.52. The van der Waals surface area contributed by atoms with E-state index in [-0.39, 0.29) is 11.0 Å². The van der Waals surface area contributed by atoms with Crippen LogP contribution in [0.15, 0.2) is 36.7 Å². The summed E-state index contributed by atoms with van der Waals surface area (Å²) in [5.74, 6) is 0.236. The Kier molecular flexibility index (Phi) is 5.95. The molecule has 9 nitrogen and oxygen atoms in total. The first-order chi connectivity index (χ1) is 19.1. The molecular weight excluding hydrogens is 505 g/mol. The third-order valence-corrected chi connectivity index (χ3v) is 8.02. The zero-order chi connectivity index (χ0) is 28.2. The molecule has 3 aromatic heterocycles. The van der Waals surface area contributed by atoms with Gasteiger partial charge in [-0.1, -0.05) is 32.1 Å². The van der Waals surface area contributed by atoms with Gasteiger partial charge in [0.2, 0.25) is 5.95 Å². The molecule has 0 unspecified atom stereocenters. The van der Waals surface area contributed by atoms with Gasteiger partial charge >= 0.3 is 0 Å². The van der Waals surface area contributed by atoms with Gasteiger partial charge in [-0.15, -0.1) is 5.10 Å². The van der Waals surface area contributed by atoms with Gasteiger partial charge in [0.05, 0.1) is 40.1 Å². The van der Waals surface area contributed by atoms with Gasteiger partial charge in [-0.25, -0.2) is 9.67 Å². The summed E-state index contributed by atoms with van der Waals surface area (Å²) in [4.78, 5) is 8.50. The predicted molar refractivity (Wildman–Crippen MR) is 149 cm³/mol. The van der Waals surface area contributed by atoms with Crippen LogP contribution in [-0.4, -0.2) is 31.5 Å². The lowest BCUT2D eigenvalue weighted by Gasteiger charge is -2.61. The molecule has 2 bridgehead atoms. The number of hydrogen-bond donors (Lipinski definition) is 2. The third-order valence-electron chi connectivity index (χ3n) is 8.02. The number of halogens is 1. The van der Waals surface area contributed by atoms with E-state index >= 15 is 0 Å². The average Bonchev–Trinajstić information content (AvgIpc) is 3.32. The van der Waals surface area contributed by atoms with Crippen molar-refractivity contribution >= 4 is 22.3 Å². The fourth-order valence-corrected chi connectivity index (χ4v) is 5.78. The third kappa shape index (κ3) is 4.40. The number of pyridine rings is 2. The maximum atomic E-state index is 14.0. The number of rotatable bonds is 7. The van der Waals surface area contributed by atoms with Crippen molar-refractivity contribution in [2.24, 2.45) is 11.3 Å². The zero-order valence-corrected chi connectivity index (χ0v) is 23.0. The summed E-state index contributed by atoms with van der Waals surface area (Å²) in [7, 11) is 0. The number of nitrogens with zero attached hydrogens (tertiary/aromatic N) is 7. The molecule has 0 spiro atoms. The number of nitrogens with one attached hydrogen (secondary N) is 2. The van der Waals surface area contributed by atoms with Crippen LogP contribution in [0.2, 0.25) is 0 Å². The molecule has 0 radical (unpaired) electrons. The number of nitriles is 2. The van der Waals surface area contributed by atoms with Gasteiger partial charge in [-0.05, 0) is 55.7 Å². The standard InChI is InChI=1S/C30H30FN9/c1-17-22(5-6-25(31)36-17)28(24-15-40(39-38-24)30-9-18(10-30)11-30)37-21-7-19(12-32)26-23(8-21)27(20(13-33)14-34-26)35-16-29(2,3)4/h5-8,14-15,18,28,37H,9-11,16H2,1-4H3,(H,34,35)/t18?,28-,30?/m0/s1. The molecule has 3 fully saturated rings. The Balaban J connectivity index is 1.45. The molecule has 2 N–H and O–H groups in total. The molecule has 7 rings (SSSR count). The summed E-state index contributed by atoms with van der Waals surface area (Å²) in [6.45, 7) is 8.69. The highest BCUT2D eigenvalue weighted by atomic mass is 19.1. The maximum Gasteiger partial charge on any atom is 0.213 e. The molecule has 0 amide bonds. The van der Waals surface area contributed by atoms with E-state index in [2.05, 4.69) is 63.8 Å². The van der Waals surface area contributed by atoms with Crippen LogP contribution < -0.4 is 10.6 Å². The minimum Gasteiger partial charge on any atom is -0.383 e. The molecule has 40 heavy (non-hydrogen) atoms. The number of aromatic nitrogens is 5. The van der Waals surface area contributed by atoms with Crippen LogP contribution in [0.4, 0.5) is 15.8 Å². The number of aryl methyl sites for hydroxylation is 1. The Hall–Kier alpha value is -4.57. The van der Waals surface area contributed by atoms with E-state index in [1.54, 1.807) is 19.1 Å². The van der Waals surface area contributed by atoms with Crippen LogP contribution >= 0.6 is 0 Å². The number of benzene rings is 1. The van der Waals surface area contributed by atoms with Crippen molar-refractivity contribution in [3.63, 3.8) is 0 Å². The topological polar surface area (TPSA) is 128 Å². The second-order valence-electron chi connectivity index (χ2n) is 12.3. The molecular formula is C30H30FN9. The average molecular weight is 536 g/mol. The van der Waals surface area contributed by atoms with Crippen LogP contribution in [0.1, 0.15) is 74.2 Å². The van der Waals surface area contributed by atoms with Crippen LogP contribution in [0, 0.1) is 46.9 Å². The smallest absolute Gasteiger partial charge is 0.213 e. The first-order valence-corrected chi connectivity index (χ1v) is 13.4. The van der Waals surface area contributed by atoms with Crippen molar-refractivity contribution in [3.8, 4) is 12.1 Å². The normalized spacial score (nSPS) is 20.1. The van der Waals surface area contributed by atoms with Gasteiger partial charge in [0, 0.05) is 35.1 Å². The van der Waals surface area contributed by atoms with E-state index in [0.29, 0.717) is 51.3 Å². The Morgan fingerprint density at radius 1 is 1.15 bits per heavy atom. The van der Waals surface area contributed by atoms with E-state index in [1.807, 2.05) is 16.9 Å². The summed E-state index contributed by atoms with van der Waals surface area (Å²) in [5, 5.41) is 36.5. The van der Waals surface area contributed by atoms with Crippen LogP contribution in [0.5, 0.6) is 0 Å². The Labute approximate surface area is 232 Å². The molecule has 3 heterocycles. The SMILES string of the molecule is Cc1nc(F)ccc1[C@H](Nc1cc(C#N)c2ncc(C#N)c(NCC(C)(C)C)c2c1)c1cn(C23CC(C2)C3)nn1. The Morgan fingerprint density at radius 3 is 2.52 bits per heavy atom. The molecule has 1 aromatic carbocycles. The number of fused-ring (bicyclic) bond motifs is 1. The van der Waals surface area contributed by atoms with Gasteiger partial charge < -0.3 is 10.6 Å². The lowest BCUT2D eigenvalue weighted by Crippen LogP contribution is -2.59. The monoisotopic (exact) mass is 535 g/mol. The summed E-state index contributed by atoms with van der Waals surface area (Å²) >= 11 is 0. The first-order valence-electron chi connectivity index (χ1n) is 13.4. The molecule has 4 aromatic rings. The minimum absolute atomic E-state index is 0.0410. The van der Waals surface area contributed by atoms with Crippen molar-refractivity contribution < 1.29 is 4.39 Å². The molecule has 202 valence electrons. The molecule has 0 saturated heterocycles. The van der Waals surface area contributed by atoms with Crippen molar-refractivity contribution in [2.45, 2.75) is 58.5 Å². The highest BCUT2D eigenvalue weighted by Crippen LogP contribution is 2.62. The van der Waals surface area contributed by atoms with Gasteiger partial charge in [-0.2, -0.15) is 14.9 Å². The van der Waals surface area contributed by atoms with E-state index in [1.165, 1.54) is 12.3 Å². The maximum absolute atomic E-state index is 14.0. The summed E-state index contributed by atoms with van der Waals surface area (Å²) in [6, 6.07) is 10.6. The highest BCUT2D eigenvalue weighted by Gasteiger charge is 2.58. The highest BCUT2D eigenvalue weighted by molar-refractivity contribution is 5.99. The number of anilines is 2. The number of hydrogen-bond acceptors (Lipinski definition) is 8. The summed E-state index contributed by atoms with van der Waals surface area (Å²) in [6.07, 6.45) is 6.84.